The van der Waals surface area contributed by atoms with E-state index in [1.165, 1.54) is 0 Å². The Morgan fingerprint density at radius 2 is 1.83 bits per heavy atom. The van der Waals surface area contributed by atoms with Crippen LogP contribution in [0.3, 0.4) is 0 Å². The van der Waals surface area contributed by atoms with E-state index in [1.807, 2.05) is 0 Å². The van der Waals surface area contributed by atoms with Crippen molar-refractivity contribution in [1.82, 2.24) is 0 Å². The van der Waals surface area contributed by atoms with Crippen LogP contribution in [0.25, 0.3) is 0 Å². The molecule has 1 atom stereocenters. The average molecular weight is 194 g/mol. The molecule has 1 aliphatic heterocycles. The predicted molar refractivity (Wildman–Crippen MR) is 45.2 cm³/mol. The molecule has 1 rings (SSSR count). The summed E-state index contributed by atoms with van der Waals surface area (Å²) in [7, 11) is -3.01. The maximum atomic E-state index is 11.9. The van der Waals surface area contributed by atoms with E-state index < -0.39 is 12.9 Å². The van der Waals surface area contributed by atoms with Crippen LogP contribution < -0.4 is 0 Å². The third-order valence-corrected chi connectivity index (χ3v) is 4.35. The molecule has 0 aromatic heterocycles. The van der Waals surface area contributed by atoms with Crippen molar-refractivity contribution in [2.75, 3.05) is 19.8 Å². The number of epoxide rings is 1. The van der Waals surface area contributed by atoms with E-state index in [0.29, 0.717) is 19.8 Å². The van der Waals surface area contributed by atoms with Gasteiger partial charge in [0.1, 0.15) is 0 Å². The predicted octanol–water partition coefficient (Wildman–Crippen LogP) is 2.00. The van der Waals surface area contributed by atoms with E-state index in [-0.39, 0.29) is 0 Å². The molecule has 5 heteroatoms. The van der Waals surface area contributed by atoms with E-state index >= 15 is 0 Å². The van der Waals surface area contributed by atoms with E-state index in [4.69, 9.17) is 13.8 Å². The molecule has 1 saturated heterocycles. The highest BCUT2D eigenvalue weighted by atomic mass is 31.2. The molecular weight excluding hydrogens is 179 g/mol. The lowest BCUT2D eigenvalue weighted by atomic mass is 10.6. The summed E-state index contributed by atoms with van der Waals surface area (Å²) in [5.74, 6) is 0. The Balaban J connectivity index is 2.65. The normalized spacial score (nSPS) is 28.9. The van der Waals surface area contributed by atoms with E-state index in [2.05, 4.69) is 0 Å². The topological polar surface area (TPSA) is 48.1 Å². The molecule has 0 aromatic carbocycles. The number of hydrogen-bond donors (Lipinski definition) is 0. The van der Waals surface area contributed by atoms with Gasteiger partial charge in [-0.2, -0.15) is 0 Å². The lowest BCUT2D eigenvalue weighted by Crippen LogP contribution is -2.11. The quantitative estimate of drug-likeness (QED) is 0.496. The molecule has 0 spiro atoms. The molecule has 4 nitrogen and oxygen atoms in total. The van der Waals surface area contributed by atoms with Crippen LogP contribution in [-0.2, 0) is 18.3 Å². The van der Waals surface area contributed by atoms with Crippen molar-refractivity contribution in [3.8, 4) is 0 Å². The third-order valence-electron chi connectivity index (χ3n) is 1.74. The Labute approximate surface area is 72.7 Å². The van der Waals surface area contributed by atoms with Crippen molar-refractivity contribution >= 4 is 7.60 Å². The van der Waals surface area contributed by atoms with E-state index in [1.54, 1.807) is 20.8 Å². The van der Waals surface area contributed by atoms with Gasteiger partial charge in [0, 0.05) is 0 Å². The number of ether oxygens (including phenoxy) is 1. The summed E-state index contributed by atoms with van der Waals surface area (Å²) >= 11 is 0. The van der Waals surface area contributed by atoms with Gasteiger partial charge in [-0.05, 0) is 20.8 Å². The molecule has 0 bridgehead atoms. The van der Waals surface area contributed by atoms with Crippen molar-refractivity contribution in [3.05, 3.63) is 0 Å². The second-order valence-electron chi connectivity index (χ2n) is 2.80. The van der Waals surface area contributed by atoms with Gasteiger partial charge in [-0.15, -0.1) is 0 Å². The van der Waals surface area contributed by atoms with Crippen molar-refractivity contribution < 1.29 is 18.3 Å². The Morgan fingerprint density at radius 3 is 2.08 bits per heavy atom. The van der Waals surface area contributed by atoms with Crippen LogP contribution in [0, 0.1) is 0 Å². The molecule has 0 amide bonds. The van der Waals surface area contributed by atoms with Crippen molar-refractivity contribution in [2.45, 2.75) is 26.1 Å². The van der Waals surface area contributed by atoms with Crippen LogP contribution >= 0.6 is 7.60 Å². The Morgan fingerprint density at radius 1 is 1.42 bits per heavy atom. The SMILES string of the molecule is CCOP(=O)(OCC)C1(C)CO1. The van der Waals surface area contributed by atoms with Gasteiger partial charge < -0.3 is 13.8 Å². The minimum Gasteiger partial charge on any atom is -0.356 e. The van der Waals surface area contributed by atoms with E-state index in [9.17, 15) is 4.57 Å². The third kappa shape index (κ3) is 1.72. The molecule has 0 N–H and O–H groups in total. The van der Waals surface area contributed by atoms with Crippen LogP contribution in [0.5, 0.6) is 0 Å². The van der Waals surface area contributed by atoms with Crippen molar-refractivity contribution in [3.63, 3.8) is 0 Å². The molecule has 0 aliphatic carbocycles. The summed E-state index contributed by atoms with van der Waals surface area (Å²) in [6, 6.07) is 0. The fourth-order valence-electron chi connectivity index (χ4n) is 0.913. The van der Waals surface area contributed by atoms with Gasteiger partial charge >= 0.3 is 7.60 Å². The maximum Gasteiger partial charge on any atom is 0.364 e. The highest BCUT2D eigenvalue weighted by Gasteiger charge is 2.58. The molecule has 72 valence electrons. The van der Waals surface area contributed by atoms with Crippen LogP contribution in [0.2, 0.25) is 0 Å². The minimum atomic E-state index is -3.01. The summed E-state index contributed by atoms with van der Waals surface area (Å²) in [5.41, 5.74) is 0. The zero-order valence-corrected chi connectivity index (χ0v) is 8.60. The first-order valence-electron chi connectivity index (χ1n) is 4.11. The Kier molecular flexibility index (Phi) is 2.94. The van der Waals surface area contributed by atoms with Crippen LogP contribution in [0.15, 0.2) is 0 Å². The second-order valence-corrected chi connectivity index (χ2v) is 5.25. The highest BCUT2D eigenvalue weighted by Crippen LogP contribution is 2.66. The molecule has 12 heavy (non-hydrogen) atoms. The summed E-state index contributed by atoms with van der Waals surface area (Å²) in [6.07, 6.45) is 0. The smallest absolute Gasteiger partial charge is 0.356 e. The van der Waals surface area contributed by atoms with E-state index in [0.717, 1.165) is 0 Å². The van der Waals surface area contributed by atoms with Gasteiger partial charge in [0.2, 0.25) is 0 Å². The monoisotopic (exact) mass is 194 g/mol. The van der Waals surface area contributed by atoms with Crippen molar-refractivity contribution in [2.24, 2.45) is 0 Å². The van der Waals surface area contributed by atoms with Crippen LogP contribution in [-0.4, -0.2) is 25.2 Å². The van der Waals surface area contributed by atoms with Gasteiger partial charge in [-0.1, -0.05) is 0 Å². The molecule has 0 aromatic rings. The van der Waals surface area contributed by atoms with Crippen molar-refractivity contribution in [1.29, 1.82) is 0 Å². The first-order chi connectivity index (χ1) is 5.58. The molecule has 1 fully saturated rings. The van der Waals surface area contributed by atoms with Crippen LogP contribution in [0.1, 0.15) is 20.8 Å². The van der Waals surface area contributed by atoms with Gasteiger partial charge in [0.15, 0.2) is 5.34 Å². The average Bonchev–Trinajstić information content (AvgIpc) is 2.70. The summed E-state index contributed by atoms with van der Waals surface area (Å²) < 4.78 is 27.2. The molecule has 1 aliphatic rings. The number of rotatable bonds is 5. The summed E-state index contributed by atoms with van der Waals surface area (Å²) in [5, 5.41) is -0.682. The maximum absolute atomic E-state index is 11.9. The summed E-state index contributed by atoms with van der Waals surface area (Å²) in [6.45, 7) is 6.56. The molecule has 1 unspecified atom stereocenters. The number of hydrogen-bond acceptors (Lipinski definition) is 4. The summed E-state index contributed by atoms with van der Waals surface area (Å²) in [4.78, 5) is 0. The molecular formula is C7H15O4P. The van der Waals surface area contributed by atoms with Crippen LogP contribution in [0.4, 0.5) is 0 Å². The van der Waals surface area contributed by atoms with Gasteiger partial charge in [0.05, 0.1) is 19.8 Å². The fourth-order valence-corrected chi connectivity index (χ4v) is 2.59. The highest BCUT2D eigenvalue weighted by molar-refractivity contribution is 7.55. The van der Waals surface area contributed by atoms with Gasteiger partial charge in [-0.3, -0.25) is 4.57 Å². The molecule has 0 radical (unpaired) electrons. The van der Waals surface area contributed by atoms with Gasteiger partial charge in [0.25, 0.3) is 0 Å². The Hall–Kier alpha value is 0.110. The zero-order chi connectivity index (χ0) is 9.24. The lowest BCUT2D eigenvalue weighted by Gasteiger charge is -2.19. The first kappa shape index (κ1) is 10.2. The first-order valence-corrected chi connectivity index (χ1v) is 5.65. The largest absolute Gasteiger partial charge is 0.364 e. The Bertz CT molecular complexity index is 190. The zero-order valence-electron chi connectivity index (χ0n) is 7.70. The molecule has 1 heterocycles. The van der Waals surface area contributed by atoms with Gasteiger partial charge in [-0.25, -0.2) is 0 Å². The molecule has 0 saturated carbocycles. The second kappa shape index (κ2) is 3.46. The standard InChI is InChI=1S/C7H15O4P/c1-4-10-12(8,11-5-2)7(3)6-9-7/h4-6H2,1-3H3. The minimum absolute atomic E-state index is 0.385. The fraction of sp³-hybridized carbons (Fsp3) is 1.00. The lowest BCUT2D eigenvalue weighted by molar-refractivity contribution is 0.191.